The van der Waals surface area contributed by atoms with Gasteiger partial charge in [0.25, 0.3) is 0 Å². The number of hydrogen-bond donors (Lipinski definition) is 1. The van der Waals surface area contributed by atoms with Crippen LogP contribution in [-0.4, -0.2) is 14.6 Å². The molecule has 4 nitrogen and oxygen atoms in total. The second-order valence-electron chi connectivity index (χ2n) is 4.14. The van der Waals surface area contributed by atoms with Gasteiger partial charge in [0.1, 0.15) is 5.82 Å². The molecule has 2 heterocycles. The molecule has 4 heteroatoms. The zero-order valence-electron chi connectivity index (χ0n) is 8.77. The average molecular weight is 202 g/mol. The Bertz CT molecular complexity index is 511. The van der Waals surface area contributed by atoms with Gasteiger partial charge in [-0.15, -0.1) is 0 Å². The summed E-state index contributed by atoms with van der Waals surface area (Å²) in [5.74, 6) is 1.33. The third-order valence-electron chi connectivity index (χ3n) is 2.88. The fourth-order valence-corrected chi connectivity index (χ4v) is 1.83. The van der Waals surface area contributed by atoms with Crippen molar-refractivity contribution >= 4 is 11.5 Å². The van der Waals surface area contributed by atoms with E-state index in [9.17, 15) is 0 Å². The van der Waals surface area contributed by atoms with E-state index in [1.54, 1.807) is 4.52 Å². The Morgan fingerprint density at radius 3 is 2.93 bits per heavy atom. The number of nitrogens with zero attached hydrogens (tertiary/aromatic N) is 3. The van der Waals surface area contributed by atoms with Gasteiger partial charge in [0.05, 0.1) is 5.69 Å². The van der Waals surface area contributed by atoms with E-state index in [1.807, 2.05) is 12.1 Å². The fraction of sp³-hybridized carbons (Fsp3) is 0.455. The molecule has 2 aromatic heterocycles. The highest BCUT2D eigenvalue weighted by Gasteiger charge is 2.26. The summed E-state index contributed by atoms with van der Waals surface area (Å²) in [5, 5.41) is 4.38. The molecular formula is C11H14N4. The van der Waals surface area contributed by atoms with Crippen molar-refractivity contribution in [3.8, 4) is 0 Å². The molecule has 0 aromatic carbocycles. The van der Waals surface area contributed by atoms with Gasteiger partial charge in [0.2, 0.25) is 0 Å². The van der Waals surface area contributed by atoms with Gasteiger partial charge < -0.3 is 5.73 Å². The number of nitrogens with two attached hydrogens (primary N) is 1. The Hall–Kier alpha value is -1.58. The van der Waals surface area contributed by atoms with Crippen LogP contribution < -0.4 is 5.73 Å². The maximum atomic E-state index is 5.95. The zero-order chi connectivity index (χ0) is 10.4. The van der Waals surface area contributed by atoms with Gasteiger partial charge in [-0.2, -0.15) is 9.61 Å². The van der Waals surface area contributed by atoms with Crippen molar-refractivity contribution in [2.45, 2.75) is 32.1 Å². The van der Waals surface area contributed by atoms with Crippen molar-refractivity contribution in [3.05, 3.63) is 23.5 Å². The smallest absolute Gasteiger partial charge is 0.157 e. The molecule has 0 radical (unpaired) electrons. The predicted octanol–water partition coefficient (Wildman–Crippen LogP) is 1.75. The van der Waals surface area contributed by atoms with E-state index in [0.29, 0.717) is 11.7 Å². The molecule has 1 aliphatic rings. The monoisotopic (exact) mass is 202 g/mol. The molecule has 15 heavy (non-hydrogen) atoms. The molecule has 0 unspecified atom stereocenters. The topological polar surface area (TPSA) is 56.2 Å². The quantitative estimate of drug-likeness (QED) is 0.807. The first-order chi connectivity index (χ1) is 7.28. The van der Waals surface area contributed by atoms with Crippen LogP contribution in [0.15, 0.2) is 12.1 Å². The van der Waals surface area contributed by atoms with Gasteiger partial charge in [0, 0.05) is 23.7 Å². The number of rotatable bonds is 2. The summed E-state index contributed by atoms with van der Waals surface area (Å²) in [4.78, 5) is 4.59. The number of aryl methyl sites for hydroxylation is 1. The number of hydrogen-bond acceptors (Lipinski definition) is 3. The highest BCUT2D eigenvalue weighted by atomic mass is 15.3. The van der Waals surface area contributed by atoms with Crippen LogP contribution >= 0.6 is 0 Å². The summed E-state index contributed by atoms with van der Waals surface area (Å²) in [6.45, 7) is 2.08. The molecule has 1 saturated carbocycles. The van der Waals surface area contributed by atoms with Crippen LogP contribution in [0.5, 0.6) is 0 Å². The Kier molecular flexibility index (Phi) is 1.71. The summed E-state index contributed by atoms with van der Waals surface area (Å²) < 4.78 is 1.73. The Morgan fingerprint density at radius 2 is 2.27 bits per heavy atom. The number of aromatic nitrogens is 3. The highest BCUT2D eigenvalue weighted by Crippen LogP contribution is 2.39. The van der Waals surface area contributed by atoms with Gasteiger partial charge in [-0.05, 0) is 19.3 Å². The van der Waals surface area contributed by atoms with Crippen molar-refractivity contribution in [1.29, 1.82) is 0 Å². The van der Waals surface area contributed by atoms with E-state index in [4.69, 9.17) is 5.73 Å². The van der Waals surface area contributed by atoms with E-state index in [-0.39, 0.29) is 0 Å². The molecule has 0 saturated heterocycles. The van der Waals surface area contributed by atoms with Gasteiger partial charge in [-0.3, -0.25) is 0 Å². The largest absolute Gasteiger partial charge is 0.384 e. The third kappa shape index (κ3) is 1.37. The summed E-state index contributed by atoms with van der Waals surface area (Å²) in [7, 11) is 0. The number of fused-ring (bicyclic) bond motifs is 1. The molecule has 0 spiro atoms. The van der Waals surface area contributed by atoms with E-state index in [0.717, 1.165) is 23.5 Å². The SMILES string of the molecule is CCc1cc2nc(C3CC3)cc(N)n2n1. The lowest BCUT2D eigenvalue weighted by atomic mass is 10.3. The van der Waals surface area contributed by atoms with Crippen LogP contribution in [0.25, 0.3) is 5.65 Å². The normalized spacial score (nSPS) is 16.1. The summed E-state index contributed by atoms with van der Waals surface area (Å²) in [6, 6.07) is 3.97. The fourth-order valence-electron chi connectivity index (χ4n) is 1.83. The Morgan fingerprint density at radius 1 is 1.47 bits per heavy atom. The van der Waals surface area contributed by atoms with Crippen molar-refractivity contribution in [2.75, 3.05) is 5.73 Å². The summed E-state index contributed by atoms with van der Waals surface area (Å²) >= 11 is 0. The second-order valence-corrected chi connectivity index (χ2v) is 4.14. The lowest BCUT2D eigenvalue weighted by Crippen LogP contribution is -2.02. The van der Waals surface area contributed by atoms with Crippen LogP contribution in [0.2, 0.25) is 0 Å². The molecule has 2 aromatic rings. The average Bonchev–Trinajstić information content (AvgIpc) is 2.98. The van der Waals surface area contributed by atoms with Crippen LogP contribution in [0, 0.1) is 0 Å². The third-order valence-corrected chi connectivity index (χ3v) is 2.88. The molecule has 78 valence electrons. The molecular weight excluding hydrogens is 188 g/mol. The minimum atomic E-state index is 0.636. The maximum Gasteiger partial charge on any atom is 0.157 e. The first-order valence-electron chi connectivity index (χ1n) is 5.43. The second kappa shape index (κ2) is 2.95. The lowest BCUT2D eigenvalue weighted by Gasteiger charge is -2.01. The van der Waals surface area contributed by atoms with Crippen LogP contribution in [0.4, 0.5) is 5.82 Å². The van der Waals surface area contributed by atoms with Crippen LogP contribution in [-0.2, 0) is 6.42 Å². The van der Waals surface area contributed by atoms with Crippen molar-refractivity contribution in [3.63, 3.8) is 0 Å². The molecule has 1 aliphatic carbocycles. The minimum Gasteiger partial charge on any atom is -0.384 e. The van der Waals surface area contributed by atoms with Gasteiger partial charge >= 0.3 is 0 Å². The van der Waals surface area contributed by atoms with Crippen LogP contribution in [0.1, 0.15) is 37.1 Å². The molecule has 0 atom stereocenters. The maximum absolute atomic E-state index is 5.95. The van der Waals surface area contributed by atoms with Crippen molar-refractivity contribution < 1.29 is 0 Å². The molecule has 3 rings (SSSR count). The zero-order valence-corrected chi connectivity index (χ0v) is 8.77. The number of anilines is 1. The van der Waals surface area contributed by atoms with E-state index >= 15 is 0 Å². The number of nitrogen functional groups attached to an aromatic ring is 1. The lowest BCUT2D eigenvalue weighted by molar-refractivity contribution is 0.882. The molecule has 0 aliphatic heterocycles. The van der Waals surface area contributed by atoms with Gasteiger partial charge in [-0.1, -0.05) is 6.92 Å². The van der Waals surface area contributed by atoms with Crippen LogP contribution in [0.3, 0.4) is 0 Å². The standard InChI is InChI=1S/C11H14N4/c1-2-8-5-11-13-9(7-3-4-7)6-10(12)15(11)14-8/h5-7H,2-4,12H2,1H3. The molecule has 0 bridgehead atoms. The molecule has 0 amide bonds. The van der Waals surface area contributed by atoms with Gasteiger partial charge in [0.15, 0.2) is 5.65 Å². The first-order valence-corrected chi connectivity index (χ1v) is 5.43. The molecule has 2 N–H and O–H groups in total. The predicted molar refractivity (Wildman–Crippen MR) is 58.8 cm³/mol. The Labute approximate surface area is 88.1 Å². The minimum absolute atomic E-state index is 0.636. The van der Waals surface area contributed by atoms with E-state index in [1.165, 1.54) is 12.8 Å². The Balaban J connectivity index is 2.20. The highest BCUT2D eigenvalue weighted by molar-refractivity contribution is 5.49. The first kappa shape index (κ1) is 8.71. The summed E-state index contributed by atoms with van der Waals surface area (Å²) in [5.41, 5.74) is 9.01. The summed E-state index contributed by atoms with van der Waals surface area (Å²) in [6.07, 6.45) is 3.41. The van der Waals surface area contributed by atoms with Crippen molar-refractivity contribution in [1.82, 2.24) is 14.6 Å². The van der Waals surface area contributed by atoms with Gasteiger partial charge in [-0.25, -0.2) is 4.98 Å². The van der Waals surface area contributed by atoms with E-state index in [2.05, 4.69) is 17.0 Å². The molecule has 1 fully saturated rings. The van der Waals surface area contributed by atoms with E-state index < -0.39 is 0 Å². The van der Waals surface area contributed by atoms with Crippen molar-refractivity contribution in [2.24, 2.45) is 0 Å².